The molecule has 3 rings (SSSR count). The summed E-state index contributed by atoms with van der Waals surface area (Å²) >= 11 is 0. The summed E-state index contributed by atoms with van der Waals surface area (Å²) in [5.41, 5.74) is 1.60. The Kier molecular flexibility index (Phi) is 5.24. The maximum absolute atomic E-state index is 12.2. The highest BCUT2D eigenvalue weighted by atomic mass is 16.5. The third kappa shape index (κ3) is 4.00. The Morgan fingerprint density at radius 2 is 2.08 bits per heavy atom. The highest BCUT2D eigenvalue weighted by Crippen LogP contribution is 2.15. The lowest BCUT2D eigenvalue weighted by molar-refractivity contribution is -0.118. The molecule has 1 aliphatic rings. The van der Waals surface area contributed by atoms with E-state index < -0.39 is 12.2 Å². The molecule has 2 heterocycles. The van der Waals surface area contributed by atoms with E-state index in [9.17, 15) is 15.0 Å². The topological polar surface area (TPSA) is 96.6 Å². The van der Waals surface area contributed by atoms with Crippen LogP contribution in [-0.4, -0.2) is 57.9 Å². The molecular formula is C17H21N3O4. The molecule has 0 aliphatic carbocycles. The standard InChI is InChI=1S/C17H21N3O4/c21-15-11-24-10-14(16(15)22)8-18-17(23)13-4-2-12(3-5-13)9-20-7-1-6-19-20/h1-7,14-16,21-22H,8-11H2,(H,18,23)/t14-,15-,16+/m1/s1. The Morgan fingerprint density at radius 1 is 1.29 bits per heavy atom. The van der Waals surface area contributed by atoms with Crippen molar-refractivity contribution in [3.8, 4) is 0 Å². The van der Waals surface area contributed by atoms with Crippen LogP contribution in [0.15, 0.2) is 42.7 Å². The minimum absolute atomic E-state index is 0.128. The van der Waals surface area contributed by atoms with Gasteiger partial charge < -0.3 is 20.3 Å². The van der Waals surface area contributed by atoms with E-state index in [4.69, 9.17) is 4.74 Å². The number of aromatic nitrogens is 2. The minimum Gasteiger partial charge on any atom is -0.390 e. The summed E-state index contributed by atoms with van der Waals surface area (Å²) < 4.78 is 7.01. The maximum atomic E-state index is 12.2. The number of carbonyl (C=O) groups excluding carboxylic acids is 1. The Morgan fingerprint density at radius 3 is 2.79 bits per heavy atom. The Hall–Kier alpha value is -2.22. The molecule has 24 heavy (non-hydrogen) atoms. The normalized spacial score (nSPS) is 23.8. The van der Waals surface area contributed by atoms with Crippen molar-refractivity contribution in [1.82, 2.24) is 15.1 Å². The van der Waals surface area contributed by atoms with Gasteiger partial charge in [-0.15, -0.1) is 0 Å². The van der Waals surface area contributed by atoms with E-state index >= 15 is 0 Å². The zero-order valence-electron chi connectivity index (χ0n) is 13.2. The van der Waals surface area contributed by atoms with Crippen molar-refractivity contribution in [2.75, 3.05) is 19.8 Å². The van der Waals surface area contributed by atoms with Crippen LogP contribution in [0.4, 0.5) is 0 Å². The molecule has 1 aliphatic heterocycles. The van der Waals surface area contributed by atoms with Gasteiger partial charge in [0, 0.05) is 30.4 Å². The highest BCUT2D eigenvalue weighted by Gasteiger charge is 2.31. The van der Waals surface area contributed by atoms with Crippen LogP contribution in [0.3, 0.4) is 0 Å². The quantitative estimate of drug-likeness (QED) is 0.718. The minimum atomic E-state index is -0.901. The van der Waals surface area contributed by atoms with Crippen LogP contribution < -0.4 is 5.32 Å². The molecule has 2 aromatic rings. The van der Waals surface area contributed by atoms with Crippen molar-refractivity contribution >= 4 is 5.91 Å². The molecule has 1 fully saturated rings. The number of benzene rings is 1. The van der Waals surface area contributed by atoms with Gasteiger partial charge in [0.15, 0.2) is 0 Å². The second-order valence-electron chi connectivity index (χ2n) is 5.97. The number of hydrogen-bond donors (Lipinski definition) is 3. The third-order valence-electron chi connectivity index (χ3n) is 4.14. The van der Waals surface area contributed by atoms with Gasteiger partial charge in [-0.1, -0.05) is 12.1 Å². The van der Waals surface area contributed by atoms with Gasteiger partial charge in [0.05, 0.1) is 25.9 Å². The van der Waals surface area contributed by atoms with Crippen molar-refractivity contribution in [3.05, 3.63) is 53.9 Å². The van der Waals surface area contributed by atoms with Gasteiger partial charge in [0.1, 0.15) is 6.10 Å². The number of amides is 1. The van der Waals surface area contributed by atoms with Crippen LogP contribution >= 0.6 is 0 Å². The molecule has 1 amide bonds. The molecule has 0 bridgehead atoms. The lowest BCUT2D eigenvalue weighted by atomic mass is 9.96. The van der Waals surface area contributed by atoms with Gasteiger partial charge in [0.25, 0.3) is 5.91 Å². The SMILES string of the molecule is O=C(NC[C@@H]1COC[C@@H](O)[C@H]1O)c1ccc(Cn2cccn2)cc1. The van der Waals surface area contributed by atoms with E-state index in [1.165, 1.54) is 0 Å². The lowest BCUT2D eigenvalue weighted by Gasteiger charge is -2.31. The molecule has 0 radical (unpaired) electrons. The monoisotopic (exact) mass is 331 g/mol. The summed E-state index contributed by atoms with van der Waals surface area (Å²) in [6.07, 6.45) is 1.83. The average molecular weight is 331 g/mol. The summed E-state index contributed by atoms with van der Waals surface area (Å²) in [6.45, 7) is 1.36. The summed E-state index contributed by atoms with van der Waals surface area (Å²) in [4.78, 5) is 12.2. The molecule has 1 aromatic heterocycles. The number of nitrogens with one attached hydrogen (secondary N) is 1. The first-order valence-electron chi connectivity index (χ1n) is 7.92. The van der Waals surface area contributed by atoms with Crippen LogP contribution in [0.2, 0.25) is 0 Å². The number of ether oxygens (including phenoxy) is 1. The molecule has 128 valence electrons. The zero-order chi connectivity index (χ0) is 16.9. The second kappa shape index (κ2) is 7.57. The molecular weight excluding hydrogens is 310 g/mol. The van der Waals surface area contributed by atoms with Gasteiger partial charge >= 0.3 is 0 Å². The van der Waals surface area contributed by atoms with Crippen molar-refractivity contribution < 1.29 is 19.7 Å². The van der Waals surface area contributed by atoms with Crippen molar-refractivity contribution in [2.45, 2.75) is 18.8 Å². The van der Waals surface area contributed by atoms with Crippen LogP contribution in [-0.2, 0) is 11.3 Å². The molecule has 0 saturated carbocycles. The van der Waals surface area contributed by atoms with Crippen molar-refractivity contribution in [3.63, 3.8) is 0 Å². The Labute approximate surface area is 139 Å². The summed E-state index contributed by atoms with van der Waals surface area (Å²) in [5, 5.41) is 26.4. The molecule has 7 heteroatoms. The summed E-state index contributed by atoms with van der Waals surface area (Å²) in [6, 6.07) is 9.16. The van der Waals surface area contributed by atoms with Crippen molar-refractivity contribution in [2.24, 2.45) is 5.92 Å². The van der Waals surface area contributed by atoms with Crippen LogP contribution in [0.1, 0.15) is 15.9 Å². The van der Waals surface area contributed by atoms with Gasteiger partial charge in [-0.05, 0) is 23.8 Å². The van der Waals surface area contributed by atoms with Gasteiger partial charge in [0.2, 0.25) is 0 Å². The Balaban J connectivity index is 1.53. The fourth-order valence-corrected chi connectivity index (χ4v) is 2.70. The van der Waals surface area contributed by atoms with E-state index in [1.807, 2.05) is 29.1 Å². The average Bonchev–Trinajstić information content (AvgIpc) is 3.09. The second-order valence-corrected chi connectivity index (χ2v) is 5.97. The summed E-state index contributed by atoms with van der Waals surface area (Å²) in [5.74, 6) is -0.523. The van der Waals surface area contributed by atoms with Crippen LogP contribution in [0.5, 0.6) is 0 Å². The van der Waals surface area contributed by atoms with Gasteiger partial charge in [-0.3, -0.25) is 9.48 Å². The fraction of sp³-hybridized carbons (Fsp3) is 0.412. The lowest BCUT2D eigenvalue weighted by Crippen LogP contribution is -2.48. The molecule has 1 saturated heterocycles. The number of aliphatic hydroxyl groups is 2. The molecule has 3 atom stereocenters. The molecule has 0 unspecified atom stereocenters. The van der Waals surface area contributed by atoms with E-state index in [1.54, 1.807) is 18.3 Å². The van der Waals surface area contributed by atoms with Crippen LogP contribution in [0, 0.1) is 5.92 Å². The van der Waals surface area contributed by atoms with E-state index in [0.29, 0.717) is 18.7 Å². The van der Waals surface area contributed by atoms with Gasteiger partial charge in [-0.2, -0.15) is 5.10 Å². The highest BCUT2D eigenvalue weighted by molar-refractivity contribution is 5.94. The fourth-order valence-electron chi connectivity index (χ4n) is 2.70. The molecule has 7 nitrogen and oxygen atoms in total. The van der Waals surface area contributed by atoms with E-state index in [2.05, 4.69) is 10.4 Å². The first-order valence-corrected chi connectivity index (χ1v) is 7.92. The predicted molar refractivity (Wildman–Crippen MR) is 86.4 cm³/mol. The molecule has 0 spiro atoms. The van der Waals surface area contributed by atoms with Gasteiger partial charge in [-0.25, -0.2) is 0 Å². The molecule has 1 aromatic carbocycles. The first-order chi connectivity index (χ1) is 11.6. The number of nitrogens with zero attached hydrogens (tertiary/aromatic N) is 2. The largest absolute Gasteiger partial charge is 0.390 e. The zero-order valence-corrected chi connectivity index (χ0v) is 13.2. The first kappa shape index (κ1) is 16.6. The predicted octanol–water partition coefficient (Wildman–Crippen LogP) is 0.0294. The third-order valence-corrected chi connectivity index (χ3v) is 4.14. The maximum Gasteiger partial charge on any atom is 0.251 e. The van der Waals surface area contributed by atoms with Crippen molar-refractivity contribution in [1.29, 1.82) is 0 Å². The van der Waals surface area contributed by atoms with Crippen LogP contribution in [0.25, 0.3) is 0 Å². The summed E-state index contributed by atoms with van der Waals surface area (Å²) in [7, 11) is 0. The number of rotatable bonds is 5. The number of carbonyl (C=O) groups is 1. The number of hydrogen-bond acceptors (Lipinski definition) is 5. The smallest absolute Gasteiger partial charge is 0.251 e. The van der Waals surface area contributed by atoms with E-state index in [0.717, 1.165) is 5.56 Å². The Bertz CT molecular complexity index is 657. The van der Waals surface area contributed by atoms with E-state index in [-0.39, 0.29) is 25.0 Å². The molecule has 3 N–H and O–H groups in total. The number of aliphatic hydroxyl groups excluding tert-OH is 2.